The minimum Gasteiger partial charge on any atom is -0.496 e. The molecule has 3 aromatic carbocycles. The summed E-state index contributed by atoms with van der Waals surface area (Å²) in [5.41, 5.74) is 0.447. The SMILES string of the molecule is COc1ccccc1-c1nc(COC(=O)C(O)(c2ccccc2)c2ccccc2)cs1. The number of carbonyl (C=O) groups excluding carboxylic acids is 1. The minimum absolute atomic E-state index is 0.0491. The van der Waals surface area contributed by atoms with Gasteiger partial charge in [-0.2, -0.15) is 0 Å². The molecule has 0 radical (unpaired) electrons. The van der Waals surface area contributed by atoms with Crippen LogP contribution in [0.4, 0.5) is 0 Å². The van der Waals surface area contributed by atoms with Gasteiger partial charge in [-0.3, -0.25) is 0 Å². The van der Waals surface area contributed by atoms with Gasteiger partial charge in [0.2, 0.25) is 5.60 Å². The van der Waals surface area contributed by atoms with Crippen LogP contribution in [0.2, 0.25) is 0 Å². The molecule has 31 heavy (non-hydrogen) atoms. The van der Waals surface area contributed by atoms with Gasteiger partial charge in [-0.1, -0.05) is 72.8 Å². The third-order valence-electron chi connectivity index (χ3n) is 4.92. The van der Waals surface area contributed by atoms with Gasteiger partial charge in [0.25, 0.3) is 0 Å². The largest absolute Gasteiger partial charge is 0.496 e. The minimum atomic E-state index is -1.91. The molecule has 0 fully saturated rings. The first-order valence-electron chi connectivity index (χ1n) is 9.71. The van der Waals surface area contributed by atoms with E-state index in [-0.39, 0.29) is 6.61 Å². The number of carbonyl (C=O) groups is 1. The van der Waals surface area contributed by atoms with Crippen molar-refractivity contribution in [3.8, 4) is 16.3 Å². The van der Waals surface area contributed by atoms with E-state index in [9.17, 15) is 9.90 Å². The molecule has 0 saturated heterocycles. The van der Waals surface area contributed by atoms with Crippen molar-refractivity contribution in [2.24, 2.45) is 0 Å². The van der Waals surface area contributed by atoms with Gasteiger partial charge >= 0.3 is 5.97 Å². The van der Waals surface area contributed by atoms with E-state index in [0.717, 1.165) is 16.3 Å². The highest BCUT2D eigenvalue weighted by Crippen LogP contribution is 2.33. The van der Waals surface area contributed by atoms with Crippen molar-refractivity contribution in [2.75, 3.05) is 7.11 Å². The van der Waals surface area contributed by atoms with Gasteiger partial charge in [0, 0.05) is 5.38 Å². The third-order valence-corrected chi connectivity index (χ3v) is 5.84. The molecule has 0 aliphatic heterocycles. The maximum absolute atomic E-state index is 13.1. The number of ether oxygens (including phenoxy) is 2. The molecule has 0 aliphatic carbocycles. The van der Waals surface area contributed by atoms with Gasteiger partial charge in [0.1, 0.15) is 17.4 Å². The number of hydrogen-bond acceptors (Lipinski definition) is 6. The third kappa shape index (κ3) is 4.21. The Hall–Kier alpha value is -3.48. The number of benzene rings is 3. The van der Waals surface area contributed by atoms with Crippen LogP contribution in [0.5, 0.6) is 5.75 Å². The molecule has 0 saturated carbocycles. The smallest absolute Gasteiger partial charge is 0.348 e. The fraction of sp³-hybridized carbons (Fsp3) is 0.120. The van der Waals surface area contributed by atoms with E-state index in [1.807, 2.05) is 41.8 Å². The second kappa shape index (κ2) is 9.12. The number of nitrogens with zero attached hydrogens (tertiary/aromatic N) is 1. The van der Waals surface area contributed by atoms with E-state index < -0.39 is 11.6 Å². The molecular formula is C25H21NO4S. The molecule has 4 aromatic rings. The van der Waals surface area contributed by atoms with E-state index in [1.54, 1.807) is 55.6 Å². The molecular weight excluding hydrogens is 410 g/mol. The summed E-state index contributed by atoms with van der Waals surface area (Å²) in [5.74, 6) is -0.0281. The van der Waals surface area contributed by atoms with Crippen LogP contribution in [-0.2, 0) is 21.7 Å². The van der Waals surface area contributed by atoms with Crippen molar-refractivity contribution in [3.63, 3.8) is 0 Å². The molecule has 1 heterocycles. The molecule has 4 rings (SSSR count). The number of thiazole rings is 1. The second-order valence-electron chi connectivity index (χ2n) is 6.86. The van der Waals surface area contributed by atoms with Gasteiger partial charge < -0.3 is 14.6 Å². The molecule has 0 unspecified atom stereocenters. The van der Waals surface area contributed by atoms with Gasteiger partial charge in [-0.15, -0.1) is 11.3 Å². The highest BCUT2D eigenvalue weighted by Gasteiger charge is 2.41. The zero-order chi connectivity index (χ0) is 21.7. The standard InChI is InChI=1S/C25H21NO4S/c1-29-22-15-9-8-14-21(22)23-26-20(17-31-23)16-30-24(27)25(28,18-10-4-2-5-11-18)19-12-6-3-7-13-19/h2-15,17,28H,16H2,1H3. The van der Waals surface area contributed by atoms with E-state index in [0.29, 0.717) is 16.8 Å². The average molecular weight is 432 g/mol. The van der Waals surface area contributed by atoms with Crippen molar-refractivity contribution in [1.82, 2.24) is 4.98 Å². The molecule has 6 heteroatoms. The first-order chi connectivity index (χ1) is 15.1. The predicted octanol–water partition coefficient (Wildman–Crippen LogP) is 4.80. The Morgan fingerprint density at radius 3 is 2.13 bits per heavy atom. The average Bonchev–Trinajstić information content (AvgIpc) is 3.32. The summed E-state index contributed by atoms with van der Waals surface area (Å²) < 4.78 is 10.9. The summed E-state index contributed by atoms with van der Waals surface area (Å²) in [6, 6.07) is 25.2. The zero-order valence-electron chi connectivity index (χ0n) is 16.9. The van der Waals surface area contributed by atoms with E-state index in [2.05, 4.69) is 4.98 Å². The molecule has 0 amide bonds. The molecule has 156 valence electrons. The van der Waals surface area contributed by atoms with Crippen LogP contribution < -0.4 is 4.74 Å². The highest BCUT2D eigenvalue weighted by atomic mass is 32.1. The maximum Gasteiger partial charge on any atom is 0.348 e. The van der Waals surface area contributed by atoms with Gasteiger partial charge in [0.15, 0.2) is 0 Å². The van der Waals surface area contributed by atoms with Gasteiger partial charge in [0.05, 0.1) is 18.4 Å². The van der Waals surface area contributed by atoms with E-state index in [4.69, 9.17) is 9.47 Å². The highest BCUT2D eigenvalue weighted by molar-refractivity contribution is 7.13. The maximum atomic E-state index is 13.1. The van der Waals surface area contributed by atoms with Crippen LogP contribution in [0.15, 0.2) is 90.3 Å². The van der Waals surface area contributed by atoms with E-state index in [1.165, 1.54) is 11.3 Å². The number of methoxy groups -OCH3 is 1. The summed E-state index contributed by atoms with van der Waals surface area (Å²) in [6.45, 7) is -0.0491. The van der Waals surface area contributed by atoms with Crippen molar-refractivity contribution < 1.29 is 19.4 Å². The molecule has 1 aromatic heterocycles. The fourth-order valence-electron chi connectivity index (χ4n) is 3.32. The number of para-hydroxylation sites is 1. The molecule has 0 spiro atoms. The summed E-state index contributed by atoms with van der Waals surface area (Å²) in [7, 11) is 1.61. The number of hydrogen-bond donors (Lipinski definition) is 1. The number of rotatable bonds is 7. The summed E-state index contributed by atoms with van der Waals surface area (Å²) >= 11 is 1.44. The van der Waals surface area contributed by atoms with Crippen molar-refractivity contribution in [1.29, 1.82) is 0 Å². The Kier molecular flexibility index (Phi) is 6.11. The molecule has 1 N–H and O–H groups in total. The lowest BCUT2D eigenvalue weighted by atomic mass is 9.86. The Labute approximate surface area is 184 Å². The second-order valence-corrected chi connectivity index (χ2v) is 7.72. The molecule has 5 nitrogen and oxygen atoms in total. The lowest BCUT2D eigenvalue weighted by molar-refractivity contribution is -0.163. The number of esters is 1. The fourth-order valence-corrected chi connectivity index (χ4v) is 4.16. The van der Waals surface area contributed by atoms with Gasteiger partial charge in [-0.25, -0.2) is 9.78 Å². The van der Waals surface area contributed by atoms with Crippen LogP contribution in [0.25, 0.3) is 10.6 Å². The lowest BCUT2D eigenvalue weighted by Gasteiger charge is -2.26. The van der Waals surface area contributed by atoms with Crippen LogP contribution in [-0.4, -0.2) is 23.2 Å². The Morgan fingerprint density at radius 2 is 1.52 bits per heavy atom. The first kappa shape index (κ1) is 20.8. The topological polar surface area (TPSA) is 68.7 Å². The predicted molar refractivity (Wildman–Crippen MR) is 120 cm³/mol. The molecule has 0 atom stereocenters. The van der Waals surface area contributed by atoms with Crippen LogP contribution >= 0.6 is 11.3 Å². The normalized spacial score (nSPS) is 11.2. The van der Waals surface area contributed by atoms with Crippen LogP contribution in [0, 0.1) is 0 Å². The number of aromatic nitrogens is 1. The van der Waals surface area contributed by atoms with E-state index >= 15 is 0 Å². The number of aliphatic hydroxyl groups is 1. The monoisotopic (exact) mass is 431 g/mol. The first-order valence-corrected chi connectivity index (χ1v) is 10.6. The van der Waals surface area contributed by atoms with Crippen molar-refractivity contribution in [3.05, 3.63) is 107 Å². The summed E-state index contributed by atoms with van der Waals surface area (Å²) in [5, 5.41) is 14.0. The van der Waals surface area contributed by atoms with Crippen LogP contribution in [0.1, 0.15) is 16.8 Å². The molecule has 0 bridgehead atoms. The Bertz CT molecular complexity index is 1120. The summed E-state index contributed by atoms with van der Waals surface area (Å²) in [4.78, 5) is 17.7. The Morgan fingerprint density at radius 1 is 0.935 bits per heavy atom. The summed E-state index contributed by atoms with van der Waals surface area (Å²) in [6.07, 6.45) is 0. The zero-order valence-corrected chi connectivity index (χ0v) is 17.7. The quantitative estimate of drug-likeness (QED) is 0.426. The molecule has 0 aliphatic rings. The van der Waals surface area contributed by atoms with Gasteiger partial charge in [-0.05, 0) is 23.3 Å². The lowest BCUT2D eigenvalue weighted by Crippen LogP contribution is -2.38. The van der Waals surface area contributed by atoms with Crippen LogP contribution in [0.3, 0.4) is 0 Å². The van der Waals surface area contributed by atoms with Crippen molar-refractivity contribution in [2.45, 2.75) is 12.2 Å². The Balaban J connectivity index is 1.56. The van der Waals surface area contributed by atoms with Crippen molar-refractivity contribution >= 4 is 17.3 Å².